The minimum atomic E-state index is 0. The minimum absolute atomic E-state index is 0. The largest absolute Gasteiger partial charge is 0.489 e. The number of ether oxygens (including phenoxy) is 2. The summed E-state index contributed by atoms with van der Waals surface area (Å²) in [5.41, 5.74) is 2.30. The van der Waals surface area contributed by atoms with Crippen LogP contribution in [0.15, 0.2) is 59.6 Å². The van der Waals surface area contributed by atoms with Crippen LogP contribution in [0.5, 0.6) is 5.75 Å². The maximum atomic E-state index is 5.87. The highest BCUT2D eigenvalue weighted by atomic mass is 127. The van der Waals surface area contributed by atoms with Crippen molar-refractivity contribution in [2.75, 3.05) is 27.3 Å². The zero-order valence-corrected chi connectivity index (χ0v) is 17.7. The van der Waals surface area contributed by atoms with Gasteiger partial charge in [-0.2, -0.15) is 0 Å². The van der Waals surface area contributed by atoms with Gasteiger partial charge in [-0.15, -0.1) is 24.0 Å². The third kappa shape index (κ3) is 8.53. The van der Waals surface area contributed by atoms with Gasteiger partial charge in [-0.25, -0.2) is 0 Å². The lowest BCUT2D eigenvalue weighted by molar-refractivity contribution is 0.195. The first-order valence-electron chi connectivity index (χ1n) is 8.51. The molecule has 0 aliphatic heterocycles. The van der Waals surface area contributed by atoms with E-state index in [0.29, 0.717) is 13.2 Å². The number of aliphatic imine (C=N–C) groups is 1. The van der Waals surface area contributed by atoms with E-state index in [1.165, 1.54) is 0 Å². The Labute approximate surface area is 173 Å². The van der Waals surface area contributed by atoms with Crippen LogP contribution in [-0.4, -0.2) is 33.3 Å². The van der Waals surface area contributed by atoms with Crippen molar-refractivity contribution in [3.8, 4) is 5.75 Å². The molecule has 0 bridgehead atoms. The first kappa shape index (κ1) is 22.2. The summed E-state index contributed by atoms with van der Waals surface area (Å²) in [5.74, 6) is 1.65. The Morgan fingerprint density at radius 1 is 1.00 bits per heavy atom. The van der Waals surface area contributed by atoms with Crippen LogP contribution in [0.25, 0.3) is 0 Å². The molecule has 0 aliphatic rings. The molecule has 0 heterocycles. The first-order chi connectivity index (χ1) is 12.3. The summed E-state index contributed by atoms with van der Waals surface area (Å²) in [5, 5.41) is 6.57. The fraction of sp³-hybridized carbons (Fsp3) is 0.350. The molecule has 0 spiro atoms. The summed E-state index contributed by atoms with van der Waals surface area (Å²) in [6, 6.07) is 18.3. The van der Waals surface area contributed by atoms with E-state index in [1.807, 2.05) is 36.4 Å². The number of halogens is 1. The Balaban J connectivity index is 0.00000338. The van der Waals surface area contributed by atoms with Gasteiger partial charge in [0.25, 0.3) is 0 Å². The van der Waals surface area contributed by atoms with Crippen molar-refractivity contribution in [3.05, 3.63) is 65.7 Å². The maximum Gasteiger partial charge on any atom is 0.191 e. The van der Waals surface area contributed by atoms with Gasteiger partial charge in [0.1, 0.15) is 12.4 Å². The van der Waals surface area contributed by atoms with E-state index in [2.05, 4.69) is 33.8 Å². The monoisotopic (exact) mass is 469 g/mol. The maximum absolute atomic E-state index is 5.87. The third-order valence-corrected chi connectivity index (χ3v) is 3.65. The zero-order chi connectivity index (χ0) is 17.7. The van der Waals surface area contributed by atoms with Crippen LogP contribution >= 0.6 is 24.0 Å². The Morgan fingerprint density at radius 2 is 1.77 bits per heavy atom. The van der Waals surface area contributed by atoms with Crippen molar-refractivity contribution < 1.29 is 9.47 Å². The molecule has 26 heavy (non-hydrogen) atoms. The van der Waals surface area contributed by atoms with Crippen molar-refractivity contribution in [2.24, 2.45) is 4.99 Å². The molecule has 0 fully saturated rings. The molecule has 0 saturated carbocycles. The van der Waals surface area contributed by atoms with Gasteiger partial charge in [0.15, 0.2) is 5.96 Å². The second-order valence-electron chi connectivity index (χ2n) is 5.62. The summed E-state index contributed by atoms with van der Waals surface area (Å²) in [7, 11) is 3.48. The van der Waals surface area contributed by atoms with Crippen molar-refractivity contribution in [1.82, 2.24) is 10.6 Å². The Kier molecular flexibility index (Phi) is 11.5. The molecule has 0 amide bonds. The molecule has 0 atom stereocenters. The molecular formula is C20H28IN3O2. The lowest BCUT2D eigenvalue weighted by atomic mass is 10.2. The Morgan fingerprint density at radius 3 is 2.50 bits per heavy atom. The topological polar surface area (TPSA) is 54.9 Å². The molecular weight excluding hydrogens is 441 g/mol. The van der Waals surface area contributed by atoms with E-state index in [4.69, 9.17) is 9.47 Å². The summed E-state index contributed by atoms with van der Waals surface area (Å²) in [6.45, 7) is 2.82. The molecule has 0 aromatic heterocycles. The van der Waals surface area contributed by atoms with Crippen molar-refractivity contribution in [2.45, 2.75) is 19.6 Å². The van der Waals surface area contributed by atoms with Gasteiger partial charge in [0.05, 0.1) is 0 Å². The van der Waals surface area contributed by atoms with Crippen LogP contribution in [0.2, 0.25) is 0 Å². The molecule has 2 aromatic rings. The molecule has 0 unspecified atom stereocenters. The van der Waals surface area contributed by atoms with E-state index < -0.39 is 0 Å². The molecule has 0 radical (unpaired) electrons. The van der Waals surface area contributed by atoms with Crippen LogP contribution in [0.3, 0.4) is 0 Å². The van der Waals surface area contributed by atoms with Gasteiger partial charge >= 0.3 is 0 Å². The highest BCUT2D eigenvalue weighted by Crippen LogP contribution is 2.15. The molecule has 5 nitrogen and oxygen atoms in total. The average molecular weight is 469 g/mol. The van der Waals surface area contributed by atoms with Gasteiger partial charge in [-0.3, -0.25) is 4.99 Å². The quantitative estimate of drug-likeness (QED) is 0.255. The predicted molar refractivity (Wildman–Crippen MR) is 117 cm³/mol. The predicted octanol–water partition coefficient (Wildman–Crippen LogP) is 3.59. The lowest BCUT2D eigenvalue weighted by Crippen LogP contribution is -2.37. The fourth-order valence-electron chi connectivity index (χ4n) is 2.32. The number of hydrogen-bond acceptors (Lipinski definition) is 3. The minimum Gasteiger partial charge on any atom is -0.489 e. The number of methoxy groups -OCH3 is 1. The number of hydrogen-bond donors (Lipinski definition) is 2. The number of benzene rings is 2. The zero-order valence-electron chi connectivity index (χ0n) is 15.4. The van der Waals surface area contributed by atoms with Crippen LogP contribution in [0.4, 0.5) is 0 Å². The van der Waals surface area contributed by atoms with Crippen molar-refractivity contribution in [1.29, 1.82) is 0 Å². The smallest absolute Gasteiger partial charge is 0.191 e. The average Bonchev–Trinajstić information content (AvgIpc) is 2.67. The highest BCUT2D eigenvalue weighted by molar-refractivity contribution is 14.0. The SMILES string of the molecule is CN=C(NCCCOC)NCc1cccc(OCc2ccccc2)c1.I. The van der Waals surface area contributed by atoms with Crippen LogP contribution in [0.1, 0.15) is 17.5 Å². The normalized spacial score (nSPS) is 10.8. The summed E-state index contributed by atoms with van der Waals surface area (Å²) in [4.78, 5) is 4.22. The van der Waals surface area contributed by atoms with Gasteiger partial charge in [0, 0.05) is 33.9 Å². The van der Waals surface area contributed by atoms with Crippen LogP contribution < -0.4 is 15.4 Å². The van der Waals surface area contributed by atoms with E-state index in [-0.39, 0.29) is 24.0 Å². The Bertz CT molecular complexity index is 651. The fourth-order valence-corrected chi connectivity index (χ4v) is 2.32. The third-order valence-electron chi connectivity index (χ3n) is 3.65. The summed E-state index contributed by atoms with van der Waals surface area (Å²) >= 11 is 0. The van der Waals surface area contributed by atoms with Gasteiger partial charge in [-0.05, 0) is 29.7 Å². The molecule has 142 valence electrons. The second-order valence-corrected chi connectivity index (χ2v) is 5.62. The van der Waals surface area contributed by atoms with Crippen LogP contribution in [-0.2, 0) is 17.9 Å². The number of guanidine groups is 1. The molecule has 2 aromatic carbocycles. The second kappa shape index (κ2) is 13.4. The lowest BCUT2D eigenvalue weighted by Gasteiger charge is -2.13. The number of rotatable bonds is 9. The molecule has 0 aliphatic carbocycles. The van der Waals surface area contributed by atoms with Gasteiger partial charge in [0.2, 0.25) is 0 Å². The molecule has 0 saturated heterocycles. The summed E-state index contributed by atoms with van der Waals surface area (Å²) in [6.07, 6.45) is 0.944. The van der Waals surface area contributed by atoms with Gasteiger partial charge < -0.3 is 20.1 Å². The van der Waals surface area contributed by atoms with E-state index in [9.17, 15) is 0 Å². The van der Waals surface area contributed by atoms with E-state index >= 15 is 0 Å². The molecule has 2 N–H and O–H groups in total. The molecule has 6 heteroatoms. The van der Waals surface area contributed by atoms with Crippen molar-refractivity contribution in [3.63, 3.8) is 0 Å². The summed E-state index contributed by atoms with van der Waals surface area (Å²) < 4.78 is 10.9. The number of nitrogens with zero attached hydrogens (tertiary/aromatic N) is 1. The molecule has 2 rings (SSSR count). The highest BCUT2D eigenvalue weighted by Gasteiger charge is 2.01. The van der Waals surface area contributed by atoms with E-state index in [0.717, 1.165) is 42.4 Å². The standard InChI is InChI=1S/C20H27N3O2.HI/c1-21-20(22-12-7-13-24-2)23-15-18-10-6-11-19(14-18)25-16-17-8-4-3-5-9-17;/h3-6,8-11,14H,7,12-13,15-16H2,1-2H3,(H2,21,22,23);1H. The van der Waals surface area contributed by atoms with Crippen molar-refractivity contribution >= 4 is 29.9 Å². The van der Waals surface area contributed by atoms with E-state index in [1.54, 1.807) is 14.2 Å². The first-order valence-corrected chi connectivity index (χ1v) is 8.51. The van der Waals surface area contributed by atoms with Gasteiger partial charge in [-0.1, -0.05) is 42.5 Å². The number of nitrogens with one attached hydrogen (secondary N) is 2. The Hall–Kier alpha value is -1.80. The van der Waals surface area contributed by atoms with Crippen LogP contribution in [0, 0.1) is 0 Å².